The van der Waals surface area contributed by atoms with Crippen LogP contribution in [0, 0.1) is 0 Å². The van der Waals surface area contributed by atoms with Crippen LogP contribution in [0.4, 0.5) is 0 Å². The Morgan fingerprint density at radius 3 is 1.26 bits per heavy atom. The van der Waals surface area contributed by atoms with Gasteiger partial charge in [-0.05, 0) is 46.1 Å². The molecule has 0 spiro atoms. The molecule has 0 saturated carbocycles. The van der Waals surface area contributed by atoms with Gasteiger partial charge in [0, 0.05) is 0 Å². The fraction of sp³-hybridized carbons (Fsp3) is 0.786. The minimum Gasteiger partial charge on any atom is -0.331 e. The Balaban J connectivity index is 0. The van der Waals surface area contributed by atoms with Gasteiger partial charge >= 0.3 is 0 Å². The van der Waals surface area contributed by atoms with Gasteiger partial charge in [-0.2, -0.15) is 8.42 Å². The number of benzene rings is 1. The topological polar surface area (TPSA) is 57.6 Å². The van der Waals surface area contributed by atoms with Gasteiger partial charge in [-0.3, -0.25) is 4.55 Å². The fourth-order valence-electron chi connectivity index (χ4n) is 3.37. The van der Waals surface area contributed by atoms with Crippen molar-refractivity contribution < 1.29 is 17.5 Å². The monoisotopic (exact) mass is 501 g/mol. The molecule has 1 aromatic carbocycles. The van der Waals surface area contributed by atoms with Crippen molar-refractivity contribution in [2.24, 2.45) is 0 Å². The highest BCUT2D eigenvalue weighted by atomic mass is 32.2. The van der Waals surface area contributed by atoms with Crippen LogP contribution in [0.3, 0.4) is 0 Å². The Morgan fingerprint density at radius 1 is 0.676 bits per heavy atom. The average molecular weight is 502 g/mol. The van der Waals surface area contributed by atoms with Crippen LogP contribution in [0.2, 0.25) is 0 Å². The highest BCUT2D eigenvalue weighted by molar-refractivity contribution is 7.85. The Bertz CT molecular complexity index is 639. The summed E-state index contributed by atoms with van der Waals surface area (Å²) in [5.74, 6) is 0. The Morgan fingerprint density at radius 2 is 1.00 bits per heavy atom. The van der Waals surface area contributed by atoms with Gasteiger partial charge in [0.25, 0.3) is 10.1 Å². The van der Waals surface area contributed by atoms with E-state index < -0.39 is 10.1 Å². The summed E-state index contributed by atoms with van der Waals surface area (Å²) in [5, 5.41) is 0. The van der Waals surface area contributed by atoms with E-state index in [-0.39, 0.29) is 4.90 Å². The van der Waals surface area contributed by atoms with Crippen LogP contribution in [-0.2, 0) is 10.1 Å². The van der Waals surface area contributed by atoms with Crippen molar-refractivity contribution in [3.8, 4) is 0 Å². The molecular weight excluding hydrogens is 444 g/mol. The number of hydrogen-bond acceptors (Lipinski definition) is 3. The maximum atomic E-state index is 10.4. The van der Waals surface area contributed by atoms with Crippen LogP contribution in [0.25, 0.3) is 0 Å². The predicted molar refractivity (Wildman–Crippen MR) is 149 cm³/mol. The van der Waals surface area contributed by atoms with Crippen molar-refractivity contribution in [1.29, 1.82) is 0 Å². The lowest BCUT2D eigenvalue weighted by molar-refractivity contribution is -0.870. The predicted octanol–water partition coefficient (Wildman–Crippen LogP) is 7.29. The standard InChI is InChI=1S/C19H42N.C6H6O3S.C3H9N/c1-5-6-7-8-9-10-11-12-13-14-15-16-17-18-19-20(2,3)4;7-10(8,9)6-4-2-1-3-5-6;1-4(2)3/h5-19H2,1-4H3;1-5H,(H,7,8,9);1-3H3/q+1;;. The van der Waals surface area contributed by atoms with Gasteiger partial charge < -0.3 is 9.38 Å². The molecule has 34 heavy (non-hydrogen) atoms. The maximum Gasteiger partial charge on any atom is 0.294 e. The third kappa shape index (κ3) is 31.0. The molecule has 0 bridgehead atoms. The van der Waals surface area contributed by atoms with E-state index in [0.29, 0.717) is 0 Å². The van der Waals surface area contributed by atoms with Crippen molar-refractivity contribution in [1.82, 2.24) is 4.90 Å². The lowest BCUT2D eigenvalue weighted by Crippen LogP contribution is -2.35. The molecule has 0 radical (unpaired) electrons. The molecule has 202 valence electrons. The quantitative estimate of drug-likeness (QED) is 0.147. The number of rotatable bonds is 16. The highest BCUT2D eigenvalue weighted by Gasteiger charge is 2.06. The van der Waals surface area contributed by atoms with Crippen LogP contribution < -0.4 is 0 Å². The molecule has 0 aliphatic rings. The lowest BCUT2D eigenvalue weighted by Gasteiger charge is -2.23. The summed E-state index contributed by atoms with van der Waals surface area (Å²) in [6.07, 6.45) is 20.4. The van der Waals surface area contributed by atoms with Gasteiger partial charge in [0.2, 0.25) is 0 Å². The van der Waals surface area contributed by atoms with E-state index in [9.17, 15) is 8.42 Å². The molecule has 1 rings (SSSR count). The first-order valence-corrected chi connectivity index (χ1v) is 14.8. The molecule has 0 aliphatic heterocycles. The molecule has 0 atom stereocenters. The first kappa shape index (κ1) is 35.2. The molecule has 6 heteroatoms. The van der Waals surface area contributed by atoms with Gasteiger partial charge in [0.05, 0.1) is 32.6 Å². The zero-order chi connectivity index (χ0) is 26.3. The van der Waals surface area contributed by atoms with E-state index in [1.54, 1.807) is 18.2 Å². The fourth-order valence-corrected chi connectivity index (χ4v) is 3.87. The summed E-state index contributed by atoms with van der Waals surface area (Å²) in [4.78, 5) is 1.93. The second-order valence-electron chi connectivity index (χ2n) is 10.7. The second-order valence-corrected chi connectivity index (χ2v) is 12.2. The Labute approximate surface area is 213 Å². The van der Waals surface area contributed by atoms with E-state index in [4.69, 9.17) is 4.55 Å². The van der Waals surface area contributed by atoms with E-state index >= 15 is 0 Å². The SMILES string of the molecule is CCCCCCCCCCCCCCCC[N+](C)(C)C.CN(C)C.O=S(=O)(O)c1ccccc1. The van der Waals surface area contributed by atoms with Crippen LogP contribution >= 0.6 is 0 Å². The molecule has 1 aromatic rings. The van der Waals surface area contributed by atoms with Gasteiger partial charge in [-0.15, -0.1) is 0 Å². The Kier molecular flexibility index (Phi) is 23.3. The molecule has 0 saturated heterocycles. The zero-order valence-electron chi connectivity index (χ0n) is 23.6. The van der Waals surface area contributed by atoms with E-state index in [1.165, 1.54) is 109 Å². The van der Waals surface area contributed by atoms with Crippen molar-refractivity contribution in [2.45, 2.75) is 102 Å². The highest BCUT2D eigenvalue weighted by Crippen LogP contribution is 2.13. The number of unbranched alkanes of at least 4 members (excludes halogenated alkanes) is 13. The van der Waals surface area contributed by atoms with Crippen molar-refractivity contribution in [2.75, 3.05) is 48.8 Å². The minimum atomic E-state index is -4.00. The third-order valence-electron chi connectivity index (χ3n) is 5.22. The second kappa shape index (κ2) is 22.5. The minimum absolute atomic E-state index is 0.0741. The van der Waals surface area contributed by atoms with E-state index in [1.807, 2.05) is 26.0 Å². The van der Waals surface area contributed by atoms with Crippen LogP contribution in [0.5, 0.6) is 0 Å². The van der Waals surface area contributed by atoms with Gasteiger partial charge in [0.1, 0.15) is 0 Å². The van der Waals surface area contributed by atoms with Crippen molar-refractivity contribution in [3.63, 3.8) is 0 Å². The lowest BCUT2D eigenvalue weighted by atomic mass is 10.0. The van der Waals surface area contributed by atoms with Crippen molar-refractivity contribution >= 4 is 10.1 Å². The molecule has 5 nitrogen and oxygen atoms in total. The first-order chi connectivity index (χ1) is 15.9. The first-order valence-electron chi connectivity index (χ1n) is 13.3. The van der Waals surface area contributed by atoms with Gasteiger partial charge in [-0.25, -0.2) is 0 Å². The summed E-state index contributed by atoms with van der Waals surface area (Å²) in [6, 6.07) is 7.42. The molecule has 0 heterocycles. The average Bonchev–Trinajstić information content (AvgIpc) is 2.73. The van der Waals surface area contributed by atoms with Crippen LogP contribution in [-0.4, -0.2) is 71.2 Å². The van der Waals surface area contributed by atoms with Gasteiger partial charge in [-0.1, -0.05) is 102 Å². The summed E-state index contributed by atoms with van der Waals surface area (Å²) in [6.45, 7) is 3.63. The maximum absolute atomic E-state index is 10.4. The van der Waals surface area contributed by atoms with Crippen molar-refractivity contribution in [3.05, 3.63) is 30.3 Å². The third-order valence-corrected chi connectivity index (χ3v) is 6.09. The summed E-state index contributed by atoms with van der Waals surface area (Å²) in [5.41, 5.74) is 0. The molecular formula is C28H57N2O3S+. The number of hydrogen-bond donors (Lipinski definition) is 1. The number of quaternary nitrogens is 1. The Hall–Kier alpha value is -0.950. The largest absolute Gasteiger partial charge is 0.331 e. The van der Waals surface area contributed by atoms with E-state index in [0.717, 1.165) is 4.48 Å². The summed E-state index contributed by atoms with van der Waals surface area (Å²) < 4.78 is 30.4. The van der Waals surface area contributed by atoms with Gasteiger partial charge in [0.15, 0.2) is 0 Å². The normalized spacial score (nSPS) is 11.4. The molecule has 0 fully saturated rings. The molecule has 1 N–H and O–H groups in total. The van der Waals surface area contributed by atoms with E-state index in [2.05, 4.69) is 28.1 Å². The number of nitrogens with zero attached hydrogens (tertiary/aromatic N) is 2. The summed E-state index contributed by atoms with van der Waals surface area (Å²) in [7, 11) is 8.88. The molecule has 0 aliphatic carbocycles. The van der Waals surface area contributed by atoms with Crippen LogP contribution in [0.1, 0.15) is 96.8 Å². The molecule has 0 aromatic heterocycles. The van der Waals surface area contributed by atoms with Crippen LogP contribution in [0.15, 0.2) is 35.2 Å². The molecule has 0 unspecified atom stereocenters. The summed E-state index contributed by atoms with van der Waals surface area (Å²) >= 11 is 0. The smallest absolute Gasteiger partial charge is 0.294 e. The zero-order valence-corrected chi connectivity index (χ0v) is 24.4. The molecule has 0 amide bonds.